The molecular weight excluding hydrogens is 296 g/mol. The lowest BCUT2D eigenvalue weighted by Gasteiger charge is -2.19. The van der Waals surface area contributed by atoms with Crippen molar-refractivity contribution in [3.63, 3.8) is 0 Å². The highest BCUT2D eigenvalue weighted by Crippen LogP contribution is 2.33. The number of nitrogens with zero attached hydrogens (tertiary/aromatic N) is 2. The molecule has 0 spiro atoms. The first-order valence-corrected chi connectivity index (χ1v) is 7.48. The van der Waals surface area contributed by atoms with Crippen molar-refractivity contribution in [3.8, 4) is 0 Å². The smallest absolute Gasteiger partial charge is 0.258 e. The van der Waals surface area contributed by atoms with Crippen LogP contribution >= 0.6 is 11.6 Å². The van der Waals surface area contributed by atoms with E-state index in [9.17, 15) is 20.2 Å². The Hall–Kier alpha value is -1.69. The van der Waals surface area contributed by atoms with Crippen molar-refractivity contribution in [2.45, 2.75) is 43.9 Å². The third-order valence-electron chi connectivity index (χ3n) is 4.02. The van der Waals surface area contributed by atoms with Gasteiger partial charge in [-0.2, -0.15) is 0 Å². The molecule has 114 valence electrons. The minimum atomic E-state index is -0.618. The molecule has 1 aliphatic rings. The van der Waals surface area contributed by atoms with Crippen molar-refractivity contribution in [3.05, 3.63) is 44.0 Å². The summed E-state index contributed by atoms with van der Waals surface area (Å²) in [5.74, 6) is 0.189. The van der Waals surface area contributed by atoms with Crippen LogP contribution in [0.25, 0.3) is 0 Å². The molecule has 7 heteroatoms. The monoisotopic (exact) mass is 312 g/mol. The number of benzene rings is 1. The maximum Gasteiger partial charge on any atom is 0.279 e. The zero-order chi connectivity index (χ0) is 15.4. The first-order valence-electron chi connectivity index (χ1n) is 7.05. The van der Waals surface area contributed by atoms with Gasteiger partial charge in [0.1, 0.15) is 0 Å². The molecule has 1 aromatic carbocycles. The van der Waals surface area contributed by atoms with Gasteiger partial charge in [0.05, 0.1) is 15.9 Å². The minimum Gasteiger partial charge on any atom is -0.258 e. The largest absolute Gasteiger partial charge is 0.279 e. The summed E-state index contributed by atoms with van der Waals surface area (Å²) >= 11 is 6.37. The molecule has 21 heavy (non-hydrogen) atoms. The molecular formula is C14H17ClN2O4. The first kappa shape index (κ1) is 15.7. The van der Waals surface area contributed by atoms with E-state index in [4.69, 9.17) is 11.6 Å². The molecule has 1 aliphatic carbocycles. The van der Waals surface area contributed by atoms with Crippen LogP contribution < -0.4 is 0 Å². The Labute approximate surface area is 127 Å². The van der Waals surface area contributed by atoms with Crippen molar-refractivity contribution in [2.24, 2.45) is 5.92 Å². The fraction of sp³-hybridized carbons (Fsp3) is 0.571. The number of rotatable bonds is 4. The maximum absolute atomic E-state index is 11.1. The molecule has 1 saturated carbocycles. The zero-order valence-corrected chi connectivity index (χ0v) is 12.3. The summed E-state index contributed by atoms with van der Waals surface area (Å²) in [6, 6.07) is 3.85. The van der Waals surface area contributed by atoms with E-state index in [2.05, 4.69) is 0 Å². The Kier molecular flexibility index (Phi) is 5.12. The normalized spacial score (nSPS) is 22.5. The minimum absolute atomic E-state index is 0.0160. The average molecular weight is 313 g/mol. The van der Waals surface area contributed by atoms with E-state index in [-0.39, 0.29) is 22.7 Å². The predicted molar refractivity (Wildman–Crippen MR) is 79.7 cm³/mol. The summed E-state index contributed by atoms with van der Waals surface area (Å²) in [6.45, 7) is 0. The van der Waals surface area contributed by atoms with E-state index >= 15 is 0 Å². The number of hydrogen-bond donors (Lipinski definition) is 0. The van der Waals surface area contributed by atoms with Gasteiger partial charge in [-0.05, 0) is 31.2 Å². The van der Waals surface area contributed by atoms with E-state index in [0.717, 1.165) is 38.2 Å². The molecule has 0 radical (unpaired) electrons. The Morgan fingerprint density at radius 3 is 2.48 bits per heavy atom. The second-order valence-electron chi connectivity index (χ2n) is 5.45. The van der Waals surface area contributed by atoms with Crippen LogP contribution in [-0.2, 0) is 6.42 Å². The van der Waals surface area contributed by atoms with E-state index < -0.39 is 9.85 Å². The summed E-state index contributed by atoms with van der Waals surface area (Å²) in [7, 11) is 0. The molecule has 0 amide bonds. The quantitative estimate of drug-likeness (QED) is 0.360. The third kappa shape index (κ3) is 3.91. The molecule has 2 atom stereocenters. The van der Waals surface area contributed by atoms with Crippen LogP contribution in [0.3, 0.4) is 0 Å². The van der Waals surface area contributed by atoms with Gasteiger partial charge in [-0.15, -0.1) is 11.6 Å². The van der Waals surface area contributed by atoms with Gasteiger partial charge < -0.3 is 0 Å². The number of nitro benzene ring substituents is 2. The summed E-state index contributed by atoms with van der Waals surface area (Å²) in [5, 5.41) is 21.9. The van der Waals surface area contributed by atoms with E-state index in [0.29, 0.717) is 12.0 Å². The summed E-state index contributed by atoms with van der Waals surface area (Å²) < 4.78 is 0. The standard InChI is InChI=1S/C14H17ClN2O4/c15-13-5-3-1-2-4-10(13)8-11-6-7-12(16(18)19)9-14(11)17(20)21/h6-7,9-10,13H,1-5,8H2. The van der Waals surface area contributed by atoms with Gasteiger partial charge in [-0.1, -0.05) is 19.3 Å². The lowest BCUT2D eigenvalue weighted by Crippen LogP contribution is -2.16. The number of alkyl halides is 1. The van der Waals surface area contributed by atoms with E-state index in [1.54, 1.807) is 0 Å². The Bertz CT molecular complexity index is 550. The van der Waals surface area contributed by atoms with Crippen molar-refractivity contribution in [1.82, 2.24) is 0 Å². The molecule has 0 bridgehead atoms. The Morgan fingerprint density at radius 1 is 1.10 bits per heavy atom. The van der Waals surface area contributed by atoms with Crippen LogP contribution in [0.5, 0.6) is 0 Å². The lowest BCUT2D eigenvalue weighted by molar-refractivity contribution is -0.394. The van der Waals surface area contributed by atoms with Gasteiger partial charge in [0.25, 0.3) is 11.4 Å². The molecule has 1 fully saturated rings. The van der Waals surface area contributed by atoms with Crippen LogP contribution in [0.15, 0.2) is 18.2 Å². The van der Waals surface area contributed by atoms with Crippen LogP contribution in [0.4, 0.5) is 11.4 Å². The summed E-state index contributed by atoms with van der Waals surface area (Å²) in [6.07, 6.45) is 5.68. The van der Waals surface area contributed by atoms with E-state index in [1.807, 2.05) is 0 Å². The van der Waals surface area contributed by atoms with Crippen molar-refractivity contribution in [1.29, 1.82) is 0 Å². The number of non-ortho nitro benzene ring substituents is 1. The molecule has 0 N–H and O–H groups in total. The highest BCUT2D eigenvalue weighted by atomic mass is 35.5. The molecule has 0 aromatic heterocycles. The number of halogens is 1. The van der Waals surface area contributed by atoms with E-state index in [1.165, 1.54) is 12.1 Å². The molecule has 1 aromatic rings. The predicted octanol–water partition coefficient (Wildman–Crippen LogP) is 4.23. The van der Waals surface area contributed by atoms with Crippen LogP contribution in [0.2, 0.25) is 0 Å². The Morgan fingerprint density at radius 2 is 1.81 bits per heavy atom. The van der Waals surface area contributed by atoms with Gasteiger partial charge >= 0.3 is 0 Å². The van der Waals surface area contributed by atoms with Crippen molar-refractivity contribution in [2.75, 3.05) is 0 Å². The molecule has 0 aliphatic heterocycles. The molecule has 2 unspecified atom stereocenters. The highest BCUT2D eigenvalue weighted by Gasteiger charge is 2.26. The topological polar surface area (TPSA) is 86.3 Å². The van der Waals surface area contributed by atoms with Crippen molar-refractivity contribution < 1.29 is 9.85 Å². The van der Waals surface area contributed by atoms with Gasteiger partial charge in [-0.3, -0.25) is 20.2 Å². The van der Waals surface area contributed by atoms with Gasteiger partial charge in [0, 0.05) is 17.0 Å². The lowest BCUT2D eigenvalue weighted by atomic mass is 9.91. The van der Waals surface area contributed by atoms with Gasteiger partial charge in [-0.25, -0.2) is 0 Å². The highest BCUT2D eigenvalue weighted by molar-refractivity contribution is 6.20. The third-order valence-corrected chi connectivity index (χ3v) is 4.60. The molecule has 6 nitrogen and oxygen atoms in total. The van der Waals surface area contributed by atoms with Gasteiger partial charge in [0.15, 0.2) is 0 Å². The summed E-state index contributed by atoms with van der Waals surface area (Å²) in [5.41, 5.74) is 0.0919. The van der Waals surface area contributed by atoms with Crippen LogP contribution in [-0.4, -0.2) is 15.2 Å². The molecule has 0 saturated heterocycles. The summed E-state index contributed by atoms with van der Waals surface area (Å²) in [4.78, 5) is 20.7. The number of hydrogen-bond acceptors (Lipinski definition) is 4. The molecule has 2 rings (SSSR count). The SMILES string of the molecule is O=[N+]([O-])c1ccc(CC2CCCCCC2Cl)c([N+](=O)[O-])c1. The second-order valence-corrected chi connectivity index (χ2v) is 6.01. The first-order chi connectivity index (χ1) is 9.99. The maximum atomic E-state index is 11.1. The second kappa shape index (κ2) is 6.85. The fourth-order valence-electron chi connectivity index (χ4n) is 2.86. The van der Waals surface area contributed by atoms with Crippen LogP contribution in [0.1, 0.15) is 37.7 Å². The van der Waals surface area contributed by atoms with Crippen LogP contribution in [0, 0.1) is 26.1 Å². The zero-order valence-electron chi connectivity index (χ0n) is 11.5. The molecule has 0 heterocycles. The average Bonchev–Trinajstić information content (AvgIpc) is 2.64. The Balaban J connectivity index is 2.26. The van der Waals surface area contributed by atoms with Gasteiger partial charge in [0.2, 0.25) is 0 Å². The fourth-order valence-corrected chi connectivity index (χ4v) is 3.23. The number of nitro groups is 2. The van der Waals surface area contributed by atoms with Crippen molar-refractivity contribution >= 4 is 23.0 Å².